The van der Waals surface area contributed by atoms with Gasteiger partial charge in [0.25, 0.3) is 0 Å². The van der Waals surface area contributed by atoms with Gasteiger partial charge in [-0.15, -0.1) is 0 Å². The molecule has 1 aliphatic rings. The second-order valence-corrected chi connectivity index (χ2v) is 4.50. The van der Waals surface area contributed by atoms with E-state index in [1.165, 1.54) is 12.8 Å². The molecule has 1 fully saturated rings. The molecule has 0 bridgehead atoms. The molecular formula is C12H17NO. The Balaban J connectivity index is 1.99. The molecule has 0 radical (unpaired) electrons. The average molecular weight is 191 g/mol. The van der Waals surface area contributed by atoms with Crippen LogP contribution in [0.2, 0.25) is 0 Å². The van der Waals surface area contributed by atoms with Crippen molar-refractivity contribution in [3.8, 4) is 0 Å². The maximum atomic E-state index is 10.2. The Hall–Kier alpha value is -0.890. The zero-order valence-electron chi connectivity index (χ0n) is 8.61. The maximum absolute atomic E-state index is 10.2. The second kappa shape index (κ2) is 3.70. The van der Waals surface area contributed by atoms with Crippen molar-refractivity contribution in [1.29, 1.82) is 0 Å². The van der Waals surface area contributed by atoms with Crippen molar-refractivity contribution in [2.45, 2.75) is 38.2 Å². The lowest BCUT2D eigenvalue weighted by molar-refractivity contribution is 0.0436. The Labute approximate surface area is 85.0 Å². The summed E-state index contributed by atoms with van der Waals surface area (Å²) >= 11 is 0. The van der Waals surface area contributed by atoms with E-state index in [1.807, 2.05) is 19.1 Å². The van der Waals surface area contributed by atoms with Crippen LogP contribution in [-0.4, -0.2) is 10.1 Å². The van der Waals surface area contributed by atoms with Gasteiger partial charge in [-0.05, 0) is 31.7 Å². The van der Waals surface area contributed by atoms with Gasteiger partial charge in [0.15, 0.2) is 0 Å². The molecule has 1 unspecified atom stereocenters. The van der Waals surface area contributed by atoms with Crippen molar-refractivity contribution in [2.75, 3.05) is 0 Å². The molecule has 14 heavy (non-hydrogen) atoms. The summed E-state index contributed by atoms with van der Waals surface area (Å²) in [5.41, 5.74) is 0.234. The monoisotopic (exact) mass is 191 g/mol. The molecule has 0 spiro atoms. The molecule has 0 aromatic carbocycles. The highest BCUT2D eigenvalue weighted by Gasteiger charge is 2.28. The summed E-state index contributed by atoms with van der Waals surface area (Å²) in [6.07, 6.45) is 8.19. The van der Waals surface area contributed by atoms with Crippen LogP contribution in [0, 0.1) is 5.92 Å². The van der Waals surface area contributed by atoms with Crippen molar-refractivity contribution in [3.63, 3.8) is 0 Å². The van der Waals surface area contributed by atoms with Crippen LogP contribution < -0.4 is 0 Å². The summed E-state index contributed by atoms with van der Waals surface area (Å²) < 4.78 is 0. The number of pyridine rings is 1. The van der Waals surface area contributed by atoms with E-state index in [9.17, 15) is 5.11 Å². The molecule has 1 aromatic heterocycles. The second-order valence-electron chi connectivity index (χ2n) is 4.50. The highest BCUT2D eigenvalue weighted by molar-refractivity contribution is 5.16. The van der Waals surface area contributed by atoms with Crippen molar-refractivity contribution in [3.05, 3.63) is 30.1 Å². The van der Waals surface area contributed by atoms with Gasteiger partial charge in [-0.25, -0.2) is 0 Å². The minimum atomic E-state index is -0.698. The predicted octanol–water partition coefficient (Wildman–Crippen LogP) is 2.48. The van der Waals surface area contributed by atoms with E-state index in [4.69, 9.17) is 0 Å². The molecule has 1 heterocycles. The van der Waals surface area contributed by atoms with Crippen LogP contribution in [0.15, 0.2) is 24.5 Å². The Bertz CT molecular complexity index is 290. The molecule has 1 aliphatic carbocycles. The van der Waals surface area contributed by atoms with E-state index in [1.54, 1.807) is 12.4 Å². The topological polar surface area (TPSA) is 33.1 Å². The van der Waals surface area contributed by atoms with E-state index in [0.29, 0.717) is 0 Å². The number of hydrogen-bond donors (Lipinski definition) is 1. The third-order valence-corrected chi connectivity index (χ3v) is 3.02. The molecule has 2 heteroatoms. The molecule has 0 aliphatic heterocycles. The van der Waals surface area contributed by atoms with Gasteiger partial charge in [-0.3, -0.25) is 4.98 Å². The van der Waals surface area contributed by atoms with Crippen LogP contribution in [-0.2, 0) is 5.60 Å². The summed E-state index contributed by atoms with van der Waals surface area (Å²) in [4.78, 5) is 4.03. The maximum Gasteiger partial charge on any atom is 0.0883 e. The molecule has 1 aromatic rings. The molecule has 0 amide bonds. The van der Waals surface area contributed by atoms with Crippen LogP contribution in [0.4, 0.5) is 0 Å². The summed E-state index contributed by atoms with van der Waals surface area (Å²) in [6, 6.07) is 3.82. The van der Waals surface area contributed by atoms with Gasteiger partial charge >= 0.3 is 0 Å². The Morgan fingerprint density at radius 1 is 1.57 bits per heavy atom. The van der Waals surface area contributed by atoms with Gasteiger partial charge in [0.1, 0.15) is 0 Å². The fourth-order valence-corrected chi connectivity index (χ4v) is 1.72. The van der Waals surface area contributed by atoms with Crippen LogP contribution in [0.1, 0.15) is 38.2 Å². The van der Waals surface area contributed by atoms with E-state index in [-0.39, 0.29) is 0 Å². The minimum Gasteiger partial charge on any atom is -0.385 e. The van der Waals surface area contributed by atoms with E-state index in [2.05, 4.69) is 4.98 Å². The lowest BCUT2D eigenvalue weighted by Gasteiger charge is -2.23. The van der Waals surface area contributed by atoms with Crippen LogP contribution in [0.5, 0.6) is 0 Å². The lowest BCUT2D eigenvalue weighted by atomic mass is 9.91. The number of nitrogens with zero attached hydrogens (tertiary/aromatic N) is 1. The number of aliphatic hydroxyl groups is 1. The van der Waals surface area contributed by atoms with Crippen LogP contribution in [0.3, 0.4) is 0 Å². The Kier molecular flexibility index (Phi) is 2.55. The summed E-state index contributed by atoms with van der Waals surface area (Å²) in [5, 5.41) is 10.2. The van der Waals surface area contributed by atoms with Crippen molar-refractivity contribution in [1.82, 2.24) is 4.98 Å². The van der Waals surface area contributed by atoms with Gasteiger partial charge in [0, 0.05) is 18.0 Å². The highest BCUT2D eigenvalue weighted by Crippen LogP contribution is 2.37. The van der Waals surface area contributed by atoms with Crippen molar-refractivity contribution < 1.29 is 5.11 Å². The summed E-state index contributed by atoms with van der Waals surface area (Å²) in [6.45, 7) is 1.88. The number of aromatic nitrogens is 1. The Morgan fingerprint density at radius 3 is 2.93 bits per heavy atom. The quantitative estimate of drug-likeness (QED) is 0.793. The highest BCUT2D eigenvalue weighted by atomic mass is 16.3. The zero-order valence-corrected chi connectivity index (χ0v) is 8.61. The minimum absolute atomic E-state index is 0.698. The van der Waals surface area contributed by atoms with Gasteiger partial charge < -0.3 is 5.11 Å². The number of hydrogen-bond acceptors (Lipinski definition) is 2. The average Bonchev–Trinajstić information content (AvgIpc) is 3.00. The fourth-order valence-electron chi connectivity index (χ4n) is 1.72. The van der Waals surface area contributed by atoms with Gasteiger partial charge in [0.2, 0.25) is 0 Å². The summed E-state index contributed by atoms with van der Waals surface area (Å²) in [5.74, 6) is 0.873. The first-order valence-corrected chi connectivity index (χ1v) is 5.31. The molecular weight excluding hydrogens is 174 g/mol. The predicted molar refractivity (Wildman–Crippen MR) is 55.8 cm³/mol. The third kappa shape index (κ3) is 2.32. The SMILES string of the molecule is CC(O)(CCC1CC1)c1cccnc1. The zero-order chi connectivity index (χ0) is 10.0. The first-order valence-electron chi connectivity index (χ1n) is 5.31. The number of rotatable bonds is 4. The van der Waals surface area contributed by atoms with E-state index < -0.39 is 5.60 Å². The molecule has 1 N–H and O–H groups in total. The Morgan fingerprint density at radius 2 is 2.36 bits per heavy atom. The smallest absolute Gasteiger partial charge is 0.0883 e. The van der Waals surface area contributed by atoms with Gasteiger partial charge in [0.05, 0.1) is 5.60 Å². The largest absolute Gasteiger partial charge is 0.385 e. The molecule has 76 valence electrons. The lowest BCUT2D eigenvalue weighted by Crippen LogP contribution is -2.21. The van der Waals surface area contributed by atoms with Crippen molar-refractivity contribution in [2.24, 2.45) is 5.92 Å². The first-order chi connectivity index (χ1) is 6.68. The van der Waals surface area contributed by atoms with Crippen molar-refractivity contribution >= 4 is 0 Å². The molecule has 2 nitrogen and oxygen atoms in total. The van der Waals surface area contributed by atoms with E-state index >= 15 is 0 Å². The standard InChI is InChI=1S/C12H17NO/c1-12(14,7-6-10-4-5-10)11-3-2-8-13-9-11/h2-3,8-10,14H,4-7H2,1H3. The van der Waals surface area contributed by atoms with Crippen LogP contribution in [0.25, 0.3) is 0 Å². The molecule has 0 saturated heterocycles. The first kappa shape index (κ1) is 9.66. The molecule has 1 atom stereocenters. The third-order valence-electron chi connectivity index (χ3n) is 3.02. The van der Waals surface area contributed by atoms with Gasteiger partial charge in [-0.1, -0.05) is 18.9 Å². The fraction of sp³-hybridized carbons (Fsp3) is 0.583. The normalized spacial score (nSPS) is 20.4. The van der Waals surface area contributed by atoms with E-state index in [0.717, 1.165) is 24.3 Å². The summed E-state index contributed by atoms with van der Waals surface area (Å²) in [7, 11) is 0. The molecule has 1 saturated carbocycles. The van der Waals surface area contributed by atoms with Crippen LogP contribution >= 0.6 is 0 Å². The van der Waals surface area contributed by atoms with Gasteiger partial charge in [-0.2, -0.15) is 0 Å². The molecule has 2 rings (SSSR count).